The fraction of sp³-hybridized carbons (Fsp3) is 0.188. The molecule has 5 heteroatoms. The summed E-state index contributed by atoms with van der Waals surface area (Å²) in [7, 11) is 0. The van der Waals surface area contributed by atoms with Gasteiger partial charge in [0.1, 0.15) is 17.7 Å². The van der Waals surface area contributed by atoms with Crippen molar-refractivity contribution in [3.8, 4) is 0 Å². The van der Waals surface area contributed by atoms with Crippen LogP contribution < -0.4 is 5.32 Å². The van der Waals surface area contributed by atoms with Gasteiger partial charge in [-0.2, -0.15) is 0 Å². The first kappa shape index (κ1) is 12.6. The van der Waals surface area contributed by atoms with Crippen molar-refractivity contribution in [3.63, 3.8) is 0 Å². The van der Waals surface area contributed by atoms with Gasteiger partial charge in [0, 0.05) is 16.8 Å². The number of nitrogens with one attached hydrogen (secondary N) is 1. The van der Waals surface area contributed by atoms with Crippen LogP contribution in [0.25, 0.3) is 11.3 Å². The van der Waals surface area contributed by atoms with Gasteiger partial charge in [0.2, 0.25) is 0 Å². The van der Waals surface area contributed by atoms with Crippen LogP contribution in [0.5, 0.6) is 0 Å². The topological polar surface area (TPSA) is 38.3 Å². The Kier molecular flexibility index (Phi) is 2.65. The van der Waals surface area contributed by atoms with Crippen molar-refractivity contribution in [2.24, 2.45) is 0 Å². The number of fused-ring (bicyclic) bond motifs is 2. The minimum Gasteiger partial charge on any atom is -0.483 e. The molecule has 3 nitrogen and oxygen atoms in total. The Hall–Kier alpha value is -2.14. The average Bonchev–Trinajstić information content (AvgIpc) is 3.12. The molecule has 4 rings (SSSR count). The summed E-state index contributed by atoms with van der Waals surface area (Å²) in [4.78, 5) is 13.4. The molecule has 3 heterocycles. The number of carbonyl (C=O) groups excluding carboxylic acids is 1. The van der Waals surface area contributed by atoms with Gasteiger partial charge in [-0.15, -0.1) is 11.3 Å². The van der Waals surface area contributed by atoms with Crippen LogP contribution in [0.4, 0.5) is 10.1 Å². The molecule has 0 bridgehead atoms. The van der Waals surface area contributed by atoms with E-state index < -0.39 is 0 Å². The number of anilines is 1. The molecule has 0 saturated heterocycles. The van der Waals surface area contributed by atoms with Crippen LogP contribution in [0.1, 0.15) is 35.5 Å². The maximum Gasteiger partial charge on any atom is 0.260 e. The first-order valence-electron chi connectivity index (χ1n) is 6.79. The highest BCUT2D eigenvalue weighted by Gasteiger charge is 2.36. The van der Waals surface area contributed by atoms with Crippen molar-refractivity contribution >= 4 is 34.3 Å². The number of amides is 1. The molecule has 1 aromatic carbocycles. The summed E-state index contributed by atoms with van der Waals surface area (Å²) in [5, 5.41) is 4.76. The fourth-order valence-corrected chi connectivity index (χ4v) is 3.85. The van der Waals surface area contributed by atoms with E-state index in [0.717, 1.165) is 16.9 Å². The lowest BCUT2D eigenvalue weighted by molar-refractivity contribution is -0.110. The highest BCUT2D eigenvalue weighted by Crippen LogP contribution is 2.48. The molecule has 0 radical (unpaired) electrons. The van der Waals surface area contributed by atoms with Crippen molar-refractivity contribution in [2.45, 2.75) is 19.4 Å². The molecule has 1 atom stereocenters. The molecule has 1 amide bonds. The number of ether oxygens (including phenoxy) is 1. The van der Waals surface area contributed by atoms with Gasteiger partial charge in [-0.05, 0) is 36.1 Å². The Bertz CT molecular complexity index is 793. The molecule has 0 aliphatic carbocycles. The number of carbonyl (C=O) groups is 1. The Morgan fingerprint density at radius 2 is 2.19 bits per heavy atom. The van der Waals surface area contributed by atoms with E-state index in [1.54, 1.807) is 17.4 Å². The number of rotatable bonds is 1. The molecule has 21 heavy (non-hydrogen) atoms. The molecule has 106 valence electrons. The monoisotopic (exact) mass is 301 g/mol. The van der Waals surface area contributed by atoms with Crippen molar-refractivity contribution in [1.29, 1.82) is 0 Å². The van der Waals surface area contributed by atoms with Crippen molar-refractivity contribution in [2.75, 3.05) is 5.32 Å². The summed E-state index contributed by atoms with van der Waals surface area (Å²) in [5.74, 6) is -0.0293. The van der Waals surface area contributed by atoms with Crippen LogP contribution in [0, 0.1) is 5.82 Å². The second-order valence-electron chi connectivity index (χ2n) is 5.06. The van der Waals surface area contributed by atoms with Gasteiger partial charge in [-0.3, -0.25) is 4.79 Å². The zero-order valence-electron chi connectivity index (χ0n) is 11.3. The zero-order valence-corrected chi connectivity index (χ0v) is 12.1. The quantitative estimate of drug-likeness (QED) is 0.802. The average molecular weight is 301 g/mol. The molecule has 0 spiro atoms. The standard InChI is InChI=1S/C16H12FNO2S/c1-2-12-15-9(5-6-21-15)14(20-12)13-10-7-8(17)3-4-11(10)18-16(13)19/h3-7,12H,2H2,1H3,(H,18,19). The smallest absolute Gasteiger partial charge is 0.260 e. The largest absolute Gasteiger partial charge is 0.483 e. The number of hydrogen-bond acceptors (Lipinski definition) is 3. The van der Waals surface area contributed by atoms with E-state index >= 15 is 0 Å². The van der Waals surface area contributed by atoms with E-state index in [-0.39, 0.29) is 17.8 Å². The summed E-state index contributed by atoms with van der Waals surface area (Å²) in [6.45, 7) is 2.05. The van der Waals surface area contributed by atoms with Gasteiger partial charge in [0.05, 0.1) is 10.5 Å². The molecule has 2 aliphatic rings. The third-order valence-electron chi connectivity index (χ3n) is 3.82. The SMILES string of the molecule is CCC1OC(=C2C(=O)Nc3ccc(F)cc32)c2ccsc21. The lowest BCUT2D eigenvalue weighted by atomic mass is 10.0. The molecular weight excluding hydrogens is 289 g/mol. The van der Waals surface area contributed by atoms with Crippen molar-refractivity contribution < 1.29 is 13.9 Å². The van der Waals surface area contributed by atoms with Crippen LogP contribution in [0.2, 0.25) is 0 Å². The maximum absolute atomic E-state index is 13.5. The van der Waals surface area contributed by atoms with Gasteiger partial charge in [0.15, 0.2) is 0 Å². The van der Waals surface area contributed by atoms with Gasteiger partial charge in [0.25, 0.3) is 5.91 Å². The Morgan fingerprint density at radius 1 is 1.33 bits per heavy atom. The van der Waals surface area contributed by atoms with E-state index in [9.17, 15) is 9.18 Å². The zero-order chi connectivity index (χ0) is 14.6. The molecule has 2 aliphatic heterocycles. The second kappa shape index (κ2) is 4.43. The summed E-state index contributed by atoms with van der Waals surface area (Å²) in [6, 6.07) is 6.26. The molecule has 1 aromatic heterocycles. The molecule has 1 unspecified atom stereocenters. The van der Waals surface area contributed by atoms with Gasteiger partial charge >= 0.3 is 0 Å². The normalized spacial score (nSPS) is 22.8. The Morgan fingerprint density at radius 3 is 3.00 bits per heavy atom. The summed E-state index contributed by atoms with van der Waals surface area (Å²) in [6.07, 6.45) is 0.815. The number of benzene rings is 1. The predicted octanol–water partition coefficient (Wildman–Crippen LogP) is 4.19. The lowest BCUT2D eigenvalue weighted by Crippen LogP contribution is -2.05. The fourth-order valence-electron chi connectivity index (χ4n) is 2.84. The van der Waals surface area contributed by atoms with Crippen molar-refractivity contribution in [1.82, 2.24) is 0 Å². The van der Waals surface area contributed by atoms with E-state index in [1.165, 1.54) is 12.1 Å². The molecule has 1 N–H and O–H groups in total. The van der Waals surface area contributed by atoms with Crippen LogP contribution in [-0.4, -0.2) is 5.91 Å². The van der Waals surface area contributed by atoms with E-state index in [0.29, 0.717) is 22.6 Å². The number of thiophene rings is 1. The molecule has 2 aromatic rings. The van der Waals surface area contributed by atoms with Crippen LogP contribution in [0.15, 0.2) is 29.6 Å². The van der Waals surface area contributed by atoms with Gasteiger partial charge in [-0.25, -0.2) is 4.39 Å². The molecular formula is C16H12FNO2S. The number of halogens is 1. The minimum atomic E-state index is -0.362. The van der Waals surface area contributed by atoms with Crippen LogP contribution in [-0.2, 0) is 9.53 Å². The Balaban J connectivity index is 1.95. The minimum absolute atomic E-state index is 0.0205. The second-order valence-corrected chi connectivity index (χ2v) is 6.01. The maximum atomic E-state index is 13.5. The van der Waals surface area contributed by atoms with Crippen LogP contribution in [0.3, 0.4) is 0 Å². The molecule has 0 saturated carbocycles. The van der Waals surface area contributed by atoms with Crippen LogP contribution >= 0.6 is 11.3 Å². The van der Waals surface area contributed by atoms with E-state index in [1.807, 2.05) is 18.4 Å². The van der Waals surface area contributed by atoms with E-state index in [2.05, 4.69) is 5.32 Å². The first-order chi connectivity index (χ1) is 10.2. The highest BCUT2D eigenvalue weighted by atomic mass is 32.1. The lowest BCUT2D eigenvalue weighted by Gasteiger charge is -2.10. The summed E-state index contributed by atoms with van der Waals surface area (Å²) >= 11 is 1.63. The van der Waals surface area contributed by atoms with Gasteiger partial charge in [-0.1, -0.05) is 6.92 Å². The van der Waals surface area contributed by atoms with Crippen molar-refractivity contribution in [3.05, 3.63) is 51.5 Å². The van der Waals surface area contributed by atoms with Gasteiger partial charge < -0.3 is 10.1 Å². The molecule has 0 fully saturated rings. The summed E-state index contributed by atoms with van der Waals surface area (Å²) in [5.41, 5.74) is 2.59. The number of hydrogen-bond donors (Lipinski definition) is 1. The Labute approximate surface area is 125 Å². The van der Waals surface area contributed by atoms with E-state index in [4.69, 9.17) is 4.74 Å². The third-order valence-corrected chi connectivity index (χ3v) is 4.83. The third kappa shape index (κ3) is 1.74. The summed E-state index contributed by atoms with van der Waals surface area (Å²) < 4.78 is 19.5. The predicted molar refractivity (Wildman–Crippen MR) is 80.3 cm³/mol. The first-order valence-corrected chi connectivity index (χ1v) is 7.67. The highest BCUT2D eigenvalue weighted by molar-refractivity contribution is 7.10.